The van der Waals surface area contributed by atoms with Crippen molar-refractivity contribution < 1.29 is 0 Å². The quantitative estimate of drug-likeness (QED) is 0.153. The molecule has 0 saturated heterocycles. The highest BCUT2D eigenvalue weighted by molar-refractivity contribution is 6.22. The zero-order valence-electron chi connectivity index (χ0n) is 35.9. The maximum Gasteiger partial charge on any atom is 0.159 e. The molecule has 310 valence electrons. The molecule has 3 aromatic heterocycles. The van der Waals surface area contributed by atoms with E-state index in [-0.39, 0.29) is 0 Å². The van der Waals surface area contributed by atoms with Gasteiger partial charge in [0, 0.05) is 68.7 Å². The SMILES string of the molecule is c1ccc(-n2ccc3c4c5cc(N(c6ccc(-c7ncccn7)cc6)c6ccc7c(c6)C(c6ccccc6)(c6ccccc6)c6ccccc6-7)ccc5n(-c5ccccc5)c4ccc32)cc1. The monoisotopic (exact) mass is 843 g/mol. The van der Waals surface area contributed by atoms with Gasteiger partial charge < -0.3 is 14.0 Å². The second-order valence-corrected chi connectivity index (χ2v) is 17.0. The minimum Gasteiger partial charge on any atom is -0.317 e. The number of rotatable bonds is 8. The van der Waals surface area contributed by atoms with Crippen LogP contribution in [0.3, 0.4) is 0 Å². The van der Waals surface area contributed by atoms with Crippen molar-refractivity contribution >= 4 is 49.8 Å². The van der Waals surface area contributed by atoms with Crippen molar-refractivity contribution in [2.75, 3.05) is 4.90 Å². The lowest BCUT2D eigenvalue weighted by molar-refractivity contribution is 0.768. The van der Waals surface area contributed by atoms with Crippen molar-refractivity contribution in [2.24, 2.45) is 0 Å². The summed E-state index contributed by atoms with van der Waals surface area (Å²) in [6.45, 7) is 0. The molecule has 5 nitrogen and oxygen atoms in total. The highest BCUT2D eigenvalue weighted by atomic mass is 15.1. The number of benzene rings is 9. The molecule has 0 aliphatic heterocycles. The van der Waals surface area contributed by atoms with E-state index in [1.165, 1.54) is 49.5 Å². The highest BCUT2D eigenvalue weighted by Crippen LogP contribution is 2.57. The number of para-hydroxylation sites is 2. The van der Waals surface area contributed by atoms with E-state index in [9.17, 15) is 0 Å². The van der Waals surface area contributed by atoms with Crippen LogP contribution in [0.4, 0.5) is 17.1 Å². The Morgan fingerprint density at radius 3 is 1.67 bits per heavy atom. The van der Waals surface area contributed by atoms with E-state index in [0.29, 0.717) is 5.82 Å². The highest BCUT2D eigenvalue weighted by Gasteiger charge is 2.46. The first-order valence-electron chi connectivity index (χ1n) is 22.5. The molecule has 66 heavy (non-hydrogen) atoms. The van der Waals surface area contributed by atoms with Gasteiger partial charge >= 0.3 is 0 Å². The van der Waals surface area contributed by atoms with Crippen LogP contribution in [0, 0.1) is 0 Å². The Bertz CT molecular complexity index is 3690. The molecule has 1 aliphatic rings. The number of nitrogens with zero attached hydrogens (tertiary/aromatic N) is 5. The van der Waals surface area contributed by atoms with E-state index in [2.05, 4.69) is 255 Å². The summed E-state index contributed by atoms with van der Waals surface area (Å²) in [5.74, 6) is 0.697. The zero-order chi connectivity index (χ0) is 43.6. The lowest BCUT2D eigenvalue weighted by Gasteiger charge is -2.35. The number of hydrogen-bond donors (Lipinski definition) is 0. The van der Waals surface area contributed by atoms with Gasteiger partial charge in [-0.25, -0.2) is 9.97 Å². The molecule has 12 aromatic rings. The Balaban J connectivity index is 1.08. The predicted octanol–water partition coefficient (Wildman–Crippen LogP) is 15.0. The first-order chi connectivity index (χ1) is 32.8. The minimum atomic E-state index is -0.546. The Kier molecular flexibility index (Phi) is 8.68. The molecule has 0 N–H and O–H groups in total. The van der Waals surface area contributed by atoms with Crippen LogP contribution in [-0.2, 0) is 5.41 Å². The smallest absolute Gasteiger partial charge is 0.159 e. The first kappa shape index (κ1) is 37.7. The van der Waals surface area contributed by atoms with E-state index in [1.807, 2.05) is 6.07 Å². The maximum atomic E-state index is 4.58. The molecule has 0 atom stereocenters. The van der Waals surface area contributed by atoms with Gasteiger partial charge in [0.15, 0.2) is 5.82 Å². The summed E-state index contributed by atoms with van der Waals surface area (Å²) in [7, 11) is 0. The van der Waals surface area contributed by atoms with Crippen LogP contribution in [-0.4, -0.2) is 19.1 Å². The van der Waals surface area contributed by atoms with Gasteiger partial charge in [-0.15, -0.1) is 0 Å². The van der Waals surface area contributed by atoms with E-state index < -0.39 is 5.41 Å². The van der Waals surface area contributed by atoms with Crippen molar-refractivity contribution in [3.8, 4) is 33.9 Å². The van der Waals surface area contributed by atoms with Crippen molar-refractivity contribution in [3.63, 3.8) is 0 Å². The van der Waals surface area contributed by atoms with Gasteiger partial charge in [-0.3, -0.25) is 0 Å². The molecule has 0 fully saturated rings. The topological polar surface area (TPSA) is 38.9 Å². The molecule has 13 rings (SSSR count). The van der Waals surface area contributed by atoms with E-state index in [0.717, 1.165) is 50.6 Å². The van der Waals surface area contributed by atoms with Gasteiger partial charge in [0.05, 0.1) is 22.0 Å². The van der Waals surface area contributed by atoms with Gasteiger partial charge in [-0.2, -0.15) is 0 Å². The number of fused-ring (bicyclic) bond motifs is 8. The van der Waals surface area contributed by atoms with Crippen molar-refractivity contribution in [1.29, 1.82) is 0 Å². The van der Waals surface area contributed by atoms with Crippen LogP contribution >= 0.6 is 0 Å². The van der Waals surface area contributed by atoms with Crippen LogP contribution in [0.5, 0.6) is 0 Å². The number of aromatic nitrogens is 4. The van der Waals surface area contributed by atoms with Gasteiger partial charge in [0.25, 0.3) is 0 Å². The summed E-state index contributed by atoms with van der Waals surface area (Å²) in [5.41, 5.74) is 16.8. The minimum absolute atomic E-state index is 0.546. The standard InChI is InChI=1S/C61H41N5/c1-5-16-43(17-6-1)61(44-18-7-2-8-19-44)54-25-14-13-24-50(54)51-32-30-49(41-55(51)61)65(47-28-26-42(27-29-47)60-62-37-15-38-63-60)48-31-33-57-53(40-48)59-52-36-39-64(45-20-9-3-10-21-45)56(52)34-35-58(59)66(57)46-22-11-4-12-23-46/h1-41H. The molecular weight excluding hydrogens is 803 g/mol. The van der Waals surface area contributed by atoms with Crippen molar-refractivity contribution in [1.82, 2.24) is 19.1 Å². The molecule has 0 amide bonds. The van der Waals surface area contributed by atoms with E-state index in [1.54, 1.807) is 12.4 Å². The fourth-order valence-electron chi connectivity index (χ4n) is 10.8. The Morgan fingerprint density at radius 1 is 0.394 bits per heavy atom. The van der Waals surface area contributed by atoms with Crippen LogP contribution < -0.4 is 4.90 Å². The Labute approximate surface area is 382 Å². The maximum absolute atomic E-state index is 4.58. The van der Waals surface area contributed by atoms with Gasteiger partial charge in [-0.1, -0.05) is 127 Å². The summed E-state index contributed by atoms with van der Waals surface area (Å²) < 4.78 is 4.70. The lowest BCUT2D eigenvalue weighted by Crippen LogP contribution is -2.28. The summed E-state index contributed by atoms with van der Waals surface area (Å²) in [6, 6.07) is 83.7. The summed E-state index contributed by atoms with van der Waals surface area (Å²) in [4.78, 5) is 11.6. The second-order valence-electron chi connectivity index (χ2n) is 17.0. The fourth-order valence-corrected chi connectivity index (χ4v) is 10.8. The van der Waals surface area contributed by atoms with Crippen LogP contribution in [0.25, 0.3) is 66.6 Å². The number of hydrogen-bond acceptors (Lipinski definition) is 3. The zero-order valence-corrected chi connectivity index (χ0v) is 35.9. The fraction of sp³-hybridized carbons (Fsp3) is 0.0164. The molecule has 1 aliphatic carbocycles. The summed E-state index contributed by atoms with van der Waals surface area (Å²) in [6.07, 6.45) is 5.79. The molecule has 9 aromatic carbocycles. The Hall–Kier alpha value is -8.80. The average molecular weight is 844 g/mol. The lowest BCUT2D eigenvalue weighted by atomic mass is 9.67. The van der Waals surface area contributed by atoms with E-state index >= 15 is 0 Å². The van der Waals surface area contributed by atoms with E-state index in [4.69, 9.17) is 0 Å². The largest absolute Gasteiger partial charge is 0.317 e. The third kappa shape index (κ3) is 5.73. The molecular formula is C61H41N5. The molecule has 0 unspecified atom stereocenters. The van der Waals surface area contributed by atoms with Crippen LogP contribution in [0.15, 0.2) is 249 Å². The van der Waals surface area contributed by atoms with Gasteiger partial charge in [-0.05, 0) is 137 Å². The Morgan fingerprint density at radius 2 is 0.955 bits per heavy atom. The third-order valence-corrected chi connectivity index (χ3v) is 13.5. The third-order valence-electron chi connectivity index (χ3n) is 13.5. The van der Waals surface area contributed by atoms with Gasteiger partial charge in [0.1, 0.15) is 0 Å². The van der Waals surface area contributed by atoms with Crippen molar-refractivity contribution in [2.45, 2.75) is 5.41 Å². The molecule has 0 radical (unpaired) electrons. The first-order valence-corrected chi connectivity index (χ1v) is 22.5. The van der Waals surface area contributed by atoms with Crippen LogP contribution in [0.1, 0.15) is 22.3 Å². The predicted molar refractivity (Wildman–Crippen MR) is 271 cm³/mol. The summed E-state index contributed by atoms with van der Waals surface area (Å²) >= 11 is 0. The molecule has 0 saturated carbocycles. The average Bonchev–Trinajstić information content (AvgIpc) is 4.07. The second kappa shape index (κ2) is 15.2. The van der Waals surface area contributed by atoms with Gasteiger partial charge in [0.2, 0.25) is 0 Å². The van der Waals surface area contributed by atoms with Crippen LogP contribution in [0.2, 0.25) is 0 Å². The molecule has 0 bridgehead atoms. The normalized spacial score (nSPS) is 12.7. The molecule has 0 spiro atoms. The van der Waals surface area contributed by atoms with Crippen molar-refractivity contribution in [3.05, 3.63) is 271 Å². The molecule has 5 heteroatoms. The summed E-state index contributed by atoms with van der Waals surface area (Å²) in [5, 5.41) is 3.60. The molecule has 3 heterocycles. The number of anilines is 3.